The molecule has 1 aliphatic rings. The number of carbonyl (C=O) groups excluding carboxylic acids is 3. The van der Waals surface area contributed by atoms with E-state index in [9.17, 15) is 14.4 Å². The van der Waals surface area contributed by atoms with Crippen LogP contribution in [0, 0.1) is 13.8 Å². The van der Waals surface area contributed by atoms with Crippen LogP contribution in [0.5, 0.6) is 0 Å². The first-order chi connectivity index (χ1) is 10.9. The number of hydrogen-bond acceptors (Lipinski definition) is 4. The van der Waals surface area contributed by atoms with Crippen LogP contribution in [0.25, 0.3) is 0 Å². The van der Waals surface area contributed by atoms with Crippen LogP contribution in [0.15, 0.2) is 6.33 Å². The number of amides is 4. The second-order valence-corrected chi connectivity index (χ2v) is 5.65. The van der Waals surface area contributed by atoms with E-state index in [0.29, 0.717) is 26.1 Å². The molecule has 4 amide bonds. The zero-order chi connectivity index (χ0) is 17.0. The van der Waals surface area contributed by atoms with Crippen LogP contribution >= 0.6 is 0 Å². The summed E-state index contributed by atoms with van der Waals surface area (Å²) >= 11 is 0. The summed E-state index contributed by atoms with van der Waals surface area (Å²) in [6, 6.07) is -1.18. The van der Waals surface area contributed by atoms with Crippen molar-refractivity contribution in [2.75, 3.05) is 13.1 Å². The van der Waals surface area contributed by atoms with Crippen molar-refractivity contribution in [3.05, 3.63) is 17.7 Å². The summed E-state index contributed by atoms with van der Waals surface area (Å²) < 4.78 is 1.96. The third kappa shape index (κ3) is 3.88. The molecule has 8 heteroatoms. The van der Waals surface area contributed by atoms with Gasteiger partial charge >= 0.3 is 6.03 Å². The molecule has 2 N–H and O–H groups in total. The summed E-state index contributed by atoms with van der Waals surface area (Å²) in [5.41, 5.74) is 2.03. The van der Waals surface area contributed by atoms with E-state index < -0.39 is 12.1 Å². The van der Waals surface area contributed by atoms with Gasteiger partial charge in [0.15, 0.2) is 0 Å². The molecule has 0 aromatic carbocycles. The van der Waals surface area contributed by atoms with Crippen molar-refractivity contribution >= 4 is 17.8 Å². The molecule has 2 heterocycles. The molecule has 0 spiro atoms. The first-order valence-corrected chi connectivity index (χ1v) is 7.81. The van der Waals surface area contributed by atoms with Crippen molar-refractivity contribution in [2.45, 2.75) is 46.2 Å². The largest absolute Gasteiger partial charge is 0.354 e. The summed E-state index contributed by atoms with van der Waals surface area (Å²) in [5.74, 6) is -0.579. The second-order valence-electron chi connectivity index (χ2n) is 5.65. The molecule has 8 nitrogen and oxygen atoms in total. The van der Waals surface area contributed by atoms with Crippen molar-refractivity contribution in [3.63, 3.8) is 0 Å². The van der Waals surface area contributed by atoms with Gasteiger partial charge in [0, 0.05) is 25.3 Å². The normalized spacial score (nSPS) is 17.5. The van der Waals surface area contributed by atoms with Crippen LogP contribution in [0.3, 0.4) is 0 Å². The molecule has 1 fully saturated rings. The number of rotatable bonds is 7. The molecule has 1 aliphatic heterocycles. The third-order valence-corrected chi connectivity index (χ3v) is 3.96. The number of imidazole rings is 1. The number of hydrogen-bond donors (Lipinski definition) is 2. The number of imide groups is 1. The Morgan fingerprint density at radius 1 is 1.35 bits per heavy atom. The molecule has 0 unspecified atom stereocenters. The minimum absolute atomic E-state index is 0.0350. The summed E-state index contributed by atoms with van der Waals surface area (Å²) in [5, 5.41) is 5.32. The molecule has 126 valence electrons. The second kappa shape index (κ2) is 7.26. The number of aromatic nitrogens is 2. The third-order valence-electron chi connectivity index (χ3n) is 3.96. The first-order valence-electron chi connectivity index (χ1n) is 7.81. The summed E-state index contributed by atoms with van der Waals surface area (Å²) in [7, 11) is 0. The van der Waals surface area contributed by atoms with Crippen LogP contribution in [0.1, 0.15) is 31.2 Å². The van der Waals surface area contributed by atoms with E-state index in [1.54, 1.807) is 6.33 Å². The molecule has 23 heavy (non-hydrogen) atoms. The van der Waals surface area contributed by atoms with Gasteiger partial charge in [0.25, 0.3) is 5.91 Å². The predicted octanol–water partition coefficient (Wildman–Crippen LogP) is 0.337. The van der Waals surface area contributed by atoms with Gasteiger partial charge in [0.2, 0.25) is 5.91 Å². The Morgan fingerprint density at radius 3 is 2.70 bits per heavy atom. The molecule has 0 saturated carbocycles. The lowest BCUT2D eigenvalue weighted by Crippen LogP contribution is -2.37. The predicted molar refractivity (Wildman–Crippen MR) is 83.7 cm³/mol. The molecule has 1 aromatic rings. The smallest absolute Gasteiger partial charge is 0.324 e. The van der Waals surface area contributed by atoms with Gasteiger partial charge in [0.05, 0.1) is 18.4 Å². The van der Waals surface area contributed by atoms with Crippen molar-refractivity contribution in [1.82, 2.24) is 25.1 Å². The van der Waals surface area contributed by atoms with Gasteiger partial charge < -0.3 is 15.2 Å². The lowest BCUT2D eigenvalue weighted by molar-refractivity contribution is -0.130. The van der Waals surface area contributed by atoms with E-state index in [4.69, 9.17) is 0 Å². The number of carbonyl (C=O) groups is 3. The van der Waals surface area contributed by atoms with Crippen molar-refractivity contribution in [2.24, 2.45) is 0 Å². The molecule has 0 bridgehead atoms. The van der Waals surface area contributed by atoms with E-state index in [0.717, 1.165) is 16.3 Å². The summed E-state index contributed by atoms with van der Waals surface area (Å²) in [6.07, 6.45) is 2.40. The Kier molecular flexibility index (Phi) is 5.36. The van der Waals surface area contributed by atoms with Gasteiger partial charge in [-0.1, -0.05) is 6.92 Å². The summed E-state index contributed by atoms with van der Waals surface area (Å²) in [4.78, 5) is 41.0. The average molecular weight is 321 g/mol. The first kappa shape index (κ1) is 17.0. The molecule has 1 atom stereocenters. The Morgan fingerprint density at radius 2 is 2.09 bits per heavy atom. The fraction of sp³-hybridized carbons (Fsp3) is 0.600. The molecule has 0 radical (unpaired) electrons. The monoisotopic (exact) mass is 321 g/mol. The number of urea groups is 1. The van der Waals surface area contributed by atoms with Gasteiger partial charge in [-0.3, -0.25) is 14.5 Å². The van der Waals surface area contributed by atoms with E-state index in [2.05, 4.69) is 15.6 Å². The van der Waals surface area contributed by atoms with Crippen LogP contribution in [-0.4, -0.2) is 51.4 Å². The highest BCUT2D eigenvalue weighted by Gasteiger charge is 2.38. The number of aryl methyl sites for hydroxylation is 1. The van der Waals surface area contributed by atoms with E-state index in [1.807, 2.05) is 25.3 Å². The van der Waals surface area contributed by atoms with Crippen LogP contribution in [0.4, 0.5) is 4.79 Å². The van der Waals surface area contributed by atoms with Gasteiger partial charge in [-0.15, -0.1) is 0 Å². The van der Waals surface area contributed by atoms with Crippen LogP contribution in [-0.2, 0) is 16.1 Å². The maximum atomic E-state index is 12.0. The zero-order valence-electron chi connectivity index (χ0n) is 13.8. The maximum absolute atomic E-state index is 12.0. The van der Waals surface area contributed by atoms with Gasteiger partial charge in [-0.05, 0) is 20.3 Å². The molecule has 0 aliphatic carbocycles. The molecular formula is C15H23N5O3. The van der Waals surface area contributed by atoms with Gasteiger partial charge in [-0.2, -0.15) is 0 Å². The molecule has 1 aromatic heterocycles. The SMILES string of the molecule is CCCN1C(=O)N[C@@H](CC(=O)NCCn2cnc(C)c2C)C1=O. The Balaban J connectivity index is 1.78. The minimum Gasteiger partial charge on any atom is -0.354 e. The Labute approximate surface area is 135 Å². The topological polar surface area (TPSA) is 96.3 Å². The lowest BCUT2D eigenvalue weighted by atomic mass is 10.2. The number of nitrogens with one attached hydrogen (secondary N) is 2. The maximum Gasteiger partial charge on any atom is 0.324 e. The van der Waals surface area contributed by atoms with Crippen molar-refractivity contribution in [3.8, 4) is 0 Å². The highest BCUT2D eigenvalue weighted by Crippen LogP contribution is 2.10. The number of nitrogens with zero attached hydrogens (tertiary/aromatic N) is 3. The van der Waals surface area contributed by atoms with E-state index in [-0.39, 0.29) is 18.2 Å². The van der Waals surface area contributed by atoms with Crippen LogP contribution in [0.2, 0.25) is 0 Å². The molecule has 1 saturated heterocycles. The Hall–Kier alpha value is -2.38. The Bertz CT molecular complexity index is 610. The standard InChI is InChI=1S/C15H23N5O3/c1-4-6-20-14(22)12(18-15(20)23)8-13(21)16-5-7-19-9-17-10(2)11(19)3/h9,12H,4-8H2,1-3H3,(H,16,21)(H,18,23)/t12-/m0/s1. The highest BCUT2D eigenvalue weighted by atomic mass is 16.2. The average Bonchev–Trinajstić information content (AvgIpc) is 2.95. The fourth-order valence-electron chi connectivity index (χ4n) is 2.49. The summed E-state index contributed by atoms with van der Waals surface area (Å²) in [6.45, 7) is 7.23. The van der Waals surface area contributed by atoms with E-state index >= 15 is 0 Å². The molecular weight excluding hydrogens is 298 g/mol. The van der Waals surface area contributed by atoms with E-state index in [1.165, 1.54) is 0 Å². The van der Waals surface area contributed by atoms with Gasteiger partial charge in [-0.25, -0.2) is 9.78 Å². The van der Waals surface area contributed by atoms with Crippen LogP contribution < -0.4 is 10.6 Å². The van der Waals surface area contributed by atoms with Gasteiger partial charge in [0.1, 0.15) is 6.04 Å². The highest BCUT2D eigenvalue weighted by molar-refractivity contribution is 6.05. The van der Waals surface area contributed by atoms with Crippen molar-refractivity contribution < 1.29 is 14.4 Å². The van der Waals surface area contributed by atoms with Crippen molar-refractivity contribution in [1.29, 1.82) is 0 Å². The minimum atomic E-state index is -0.758. The molecule has 2 rings (SSSR count). The lowest BCUT2D eigenvalue weighted by Gasteiger charge is -2.11. The quantitative estimate of drug-likeness (QED) is 0.708. The fourth-order valence-corrected chi connectivity index (χ4v) is 2.49. The zero-order valence-corrected chi connectivity index (χ0v) is 13.8.